The maximum atomic E-state index is 4.06. The Balaban J connectivity index is 3.14. The normalized spacial score (nSPS) is 11.1. The second kappa shape index (κ2) is 3.64. The van der Waals surface area contributed by atoms with Crippen molar-refractivity contribution in [2.75, 3.05) is 13.6 Å². The summed E-state index contributed by atoms with van der Waals surface area (Å²) in [4.78, 5) is 2.02. The fraction of sp³-hybridized carbons (Fsp3) is 1.00. The number of rotatable bonds is 2. The van der Waals surface area contributed by atoms with Crippen molar-refractivity contribution in [1.29, 1.82) is 0 Å². The molecule has 0 fully saturated rings. The molecule has 0 aliphatic rings. The Hall–Kier alpha value is 0.660. The van der Waals surface area contributed by atoms with Gasteiger partial charge in [-0.2, -0.15) is 0 Å². The largest absolute Gasteiger partial charge is 0.287 e. The van der Waals surface area contributed by atoms with E-state index in [1.807, 2.05) is 11.9 Å². The van der Waals surface area contributed by atoms with Crippen molar-refractivity contribution in [3.63, 3.8) is 0 Å². The van der Waals surface area contributed by atoms with Crippen LogP contribution in [-0.2, 0) is 0 Å². The zero-order chi connectivity index (χ0) is 5.86. The summed E-state index contributed by atoms with van der Waals surface area (Å²) in [6, 6.07) is 0. The van der Waals surface area contributed by atoms with E-state index in [1.165, 1.54) is 0 Å². The molecule has 44 valence electrons. The van der Waals surface area contributed by atoms with Crippen molar-refractivity contribution in [2.45, 2.75) is 11.6 Å². The second-order valence-corrected chi connectivity index (χ2v) is 2.81. The van der Waals surface area contributed by atoms with Gasteiger partial charge < -0.3 is 0 Å². The molecule has 0 heterocycles. The molecule has 0 aliphatic heterocycles. The molecule has 0 amide bonds. The van der Waals surface area contributed by atoms with Crippen LogP contribution in [0.4, 0.5) is 0 Å². The SMILES string of the molecule is CCN(C)C(S)S. The van der Waals surface area contributed by atoms with Gasteiger partial charge in [-0.25, -0.2) is 0 Å². The van der Waals surface area contributed by atoms with Crippen molar-refractivity contribution in [3.8, 4) is 0 Å². The zero-order valence-corrected chi connectivity index (χ0v) is 6.41. The van der Waals surface area contributed by atoms with Crippen LogP contribution >= 0.6 is 25.3 Å². The monoisotopic (exact) mass is 137 g/mol. The molecule has 7 heavy (non-hydrogen) atoms. The lowest BCUT2D eigenvalue weighted by atomic mass is 10.7. The van der Waals surface area contributed by atoms with Crippen molar-refractivity contribution >= 4 is 25.3 Å². The minimum atomic E-state index is 0.0880. The Labute approximate surface area is 55.9 Å². The van der Waals surface area contributed by atoms with Gasteiger partial charge in [0, 0.05) is 0 Å². The summed E-state index contributed by atoms with van der Waals surface area (Å²) in [6.45, 7) is 3.07. The standard InChI is InChI=1S/C4H11NS2/c1-3-5(2)4(6)7/h4,6-7H,3H2,1-2H3. The van der Waals surface area contributed by atoms with Crippen molar-refractivity contribution < 1.29 is 0 Å². The second-order valence-electron chi connectivity index (χ2n) is 1.42. The summed E-state index contributed by atoms with van der Waals surface area (Å²) in [7, 11) is 1.98. The quantitative estimate of drug-likeness (QED) is 0.425. The lowest BCUT2D eigenvalue weighted by molar-refractivity contribution is 0.398. The van der Waals surface area contributed by atoms with Gasteiger partial charge in [0.2, 0.25) is 0 Å². The number of thiol groups is 2. The van der Waals surface area contributed by atoms with Gasteiger partial charge in [-0.3, -0.25) is 4.90 Å². The Morgan fingerprint density at radius 1 is 1.57 bits per heavy atom. The van der Waals surface area contributed by atoms with E-state index in [0.29, 0.717) is 0 Å². The number of nitrogens with zero attached hydrogens (tertiary/aromatic N) is 1. The highest BCUT2D eigenvalue weighted by Crippen LogP contribution is 2.02. The smallest absolute Gasteiger partial charge is 0.0967 e. The highest BCUT2D eigenvalue weighted by atomic mass is 32.2. The van der Waals surface area contributed by atoms with Crippen LogP contribution in [0.2, 0.25) is 0 Å². The molecule has 0 aromatic carbocycles. The first-order valence-corrected chi connectivity index (χ1v) is 3.28. The van der Waals surface area contributed by atoms with Gasteiger partial charge in [-0.1, -0.05) is 6.92 Å². The first-order chi connectivity index (χ1) is 3.18. The van der Waals surface area contributed by atoms with Crippen LogP contribution in [0.5, 0.6) is 0 Å². The van der Waals surface area contributed by atoms with Crippen LogP contribution in [0.1, 0.15) is 6.92 Å². The molecular formula is C4H11NS2. The van der Waals surface area contributed by atoms with E-state index in [-0.39, 0.29) is 4.71 Å². The van der Waals surface area contributed by atoms with Crippen LogP contribution in [-0.4, -0.2) is 23.2 Å². The van der Waals surface area contributed by atoms with E-state index in [0.717, 1.165) is 6.54 Å². The molecule has 0 aromatic rings. The molecule has 0 aliphatic carbocycles. The molecule has 0 spiro atoms. The Kier molecular flexibility index (Phi) is 3.98. The summed E-state index contributed by atoms with van der Waals surface area (Å²) < 4.78 is 0.0880. The molecule has 0 rings (SSSR count). The molecule has 3 heteroatoms. The molecule has 0 radical (unpaired) electrons. The average Bonchev–Trinajstić information content (AvgIpc) is 1.65. The molecule has 0 bridgehead atoms. The third kappa shape index (κ3) is 3.26. The van der Waals surface area contributed by atoms with E-state index in [4.69, 9.17) is 0 Å². The Morgan fingerprint density at radius 3 is 2.00 bits per heavy atom. The third-order valence-corrected chi connectivity index (χ3v) is 1.68. The van der Waals surface area contributed by atoms with Crippen LogP contribution in [0.15, 0.2) is 0 Å². The van der Waals surface area contributed by atoms with Crippen LogP contribution in [0.3, 0.4) is 0 Å². The summed E-state index contributed by atoms with van der Waals surface area (Å²) in [5.74, 6) is 0. The van der Waals surface area contributed by atoms with Gasteiger partial charge in [-0.05, 0) is 13.6 Å². The number of hydrogen-bond acceptors (Lipinski definition) is 3. The number of hydrogen-bond donors (Lipinski definition) is 2. The molecule has 0 saturated carbocycles. The van der Waals surface area contributed by atoms with Gasteiger partial charge in [0.25, 0.3) is 0 Å². The van der Waals surface area contributed by atoms with E-state index in [2.05, 4.69) is 32.2 Å². The van der Waals surface area contributed by atoms with Gasteiger partial charge in [0.05, 0.1) is 4.71 Å². The van der Waals surface area contributed by atoms with Crippen molar-refractivity contribution in [1.82, 2.24) is 4.90 Å². The lowest BCUT2D eigenvalue weighted by Crippen LogP contribution is -2.21. The molecule has 0 aromatic heterocycles. The summed E-state index contributed by atoms with van der Waals surface area (Å²) in [6.07, 6.45) is 0. The summed E-state index contributed by atoms with van der Waals surface area (Å²) in [5, 5.41) is 0. The third-order valence-electron chi connectivity index (χ3n) is 0.893. The maximum Gasteiger partial charge on any atom is 0.0967 e. The predicted molar refractivity (Wildman–Crippen MR) is 40.1 cm³/mol. The Bertz CT molecular complexity index is 47.0. The van der Waals surface area contributed by atoms with E-state index < -0.39 is 0 Å². The van der Waals surface area contributed by atoms with Crippen LogP contribution in [0.25, 0.3) is 0 Å². The minimum absolute atomic E-state index is 0.0880. The molecular weight excluding hydrogens is 126 g/mol. The minimum Gasteiger partial charge on any atom is -0.287 e. The Morgan fingerprint density at radius 2 is 2.00 bits per heavy atom. The van der Waals surface area contributed by atoms with Crippen LogP contribution in [0, 0.1) is 0 Å². The zero-order valence-electron chi connectivity index (χ0n) is 4.63. The van der Waals surface area contributed by atoms with E-state index in [9.17, 15) is 0 Å². The van der Waals surface area contributed by atoms with Gasteiger partial charge in [0.1, 0.15) is 0 Å². The lowest BCUT2D eigenvalue weighted by Gasteiger charge is -2.15. The van der Waals surface area contributed by atoms with Gasteiger partial charge in [0.15, 0.2) is 0 Å². The molecule has 0 saturated heterocycles. The van der Waals surface area contributed by atoms with E-state index >= 15 is 0 Å². The van der Waals surface area contributed by atoms with E-state index in [1.54, 1.807) is 0 Å². The molecule has 0 unspecified atom stereocenters. The fourth-order valence-corrected chi connectivity index (χ4v) is 0.490. The predicted octanol–water partition coefficient (Wildman–Crippen LogP) is 1.08. The van der Waals surface area contributed by atoms with Crippen LogP contribution < -0.4 is 0 Å². The molecule has 0 N–H and O–H groups in total. The molecule has 0 atom stereocenters. The van der Waals surface area contributed by atoms with Gasteiger partial charge in [-0.15, -0.1) is 25.3 Å². The van der Waals surface area contributed by atoms with Crippen molar-refractivity contribution in [3.05, 3.63) is 0 Å². The van der Waals surface area contributed by atoms with Crippen molar-refractivity contribution in [2.24, 2.45) is 0 Å². The summed E-state index contributed by atoms with van der Waals surface area (Å²) >= 11 is 8.13. The first kappa shape index (κ1) is 7.66. The average molecular weight is 137 g/mol. The first-order valence-electron chi connectivity index (χ1n) is 2.25. The molecule has 1 nitrogen and oxygen atoms in total. The maximum absolute atomic E-state index is 4.06. The highest BCUT2D eigenvalue weighted by molar-refractivity contribution is 7.99. The fourth-order valence-electron chi connectivity index (χ4n) is 0.163. The topological polar surface area (TPSA) is 3.24 Å². The van der Waals surface area contributed by atoms with Gasteiger partial charge >= 0.3 is 0 Å². The summed E-state index contributed by atoms with van der Waals surface area (Å²) in [5.41, 5.74) is 0. The highest BCUT2D eigenvalue weighted by Gasteiger charge is 1.97.